The molecule has 3 aliphatic rings. The number of carbonyl (C=O) groups excluding carboxylic acids is 1. The van der Waals surface area contributed by atoms with Gasteiger partial charge in [0.1, 0.15) is 0 Å². The second-order valence-corrected chi connectivity index (χ2v) is 9.88. The lowest BCUT2D eigenvalue weighted by atomic mass is 9.68. The normalized spacial score (nSPS) is 28.3. The van der Waals surface area contributed by atoms with Gasteiger partial charge in [-0.2, -0.15) is 0 Å². The van der Waals surface area contributed by atoms with Crippen LogP contribution < -0.4 is 10.6 Å². The van der Waals surface area contributed by atoms with Crippen molar-refractivity contribution >= 4 is 11.6 Å². The maximum absolute atomic E-state index is 13.1. The summed E-state index contributed by atoms with van der Waals surface area (Å²) in [6.07, 6.45) is 4.01. The van der Waals surface area contributed by atoms with Gasteiger partial charge in [-0.15, -0.1) is 0 Å². The molecule has 2 fully saturated rings. The molecule has 6 atom stereocenters. The smallest absolute Gasteiger partial charge is 0.251 e. The van der Waals surface area contributed by atoms with Crippen LogP contribution >= 0.6 is 0 Å². The molecule has 0 unspecified atom stereocenters. The second kappa shape index (κ2) is 7.81. The second-order valence-electron chi connectivity index (χ2n) is 9.88. The maximum Gasteiger partial charge on any atom is 0.251 e. The van der Waals surface area contributed by atoms with Crippen molar-refractivity contribution in [3.8, 4) is 0 Å². The predicted molar refractivity (Wildman–Crippen MR) is 129 cm³/mol. The number of rotatable bonds is 4. The van der Waals surface area contributed by atoms with Gasteiger partial charge in [0, 0.05) is 11.3 Å². The minimum atomic E-state index is -0.0180. The van der Waals surface area contributed by atoms with Crippen LogP contribution in [-0.4, -0.2) is 5.91 Å². The summed E-state index contributed by atoms with van der Waals surface area (Å²) in [5, 5.41) is 7.06. The molecule has 1 amide bonds. The number of benzene rings is 3. The lowest BCUT2D eigenvalue weighted by molar-refractivity contribution is 0.0939. The number of fused-ring (bicyclic) bond motifs is 7. The highest BCUT2D eigenvalue weighted by Gasteiger charge is 2.53. The fourth-order valence-corrected chi connectivity index (χ4v) is 6.72. The number of hydrogen-bond acceptors (Lipinski definition) is 2. The minimum Gasteiger partial charge on any atom is -0.378 e. The van der Waals surface area contributed by atoms with Crippen molar-refractivity contribution in [1.82, 2.24) is 5.32 Å². The molecule has 1 heterocycles. The highest BCUT2D eigenvalue weighted by molar-refractivity contribution is 5.95. The number of nitrogens with one attached hydrogen (secondary N) is 2. The molecular formula is C29H30N2O. The Morgan fingerprint density at radius 3 is 2.44 bits per heavy atom. The highest BCUT2D eigenvalue weighted by Crippen LogP contribution is 2.63. The predicted octanol–water partition coefficient (Wildman–Crippen LogP) is 6.47. The van der Waals surface area contributed by atoms with Crippen molar-refractivity contribution in [2.75, 3.05) is 5.32 Å². The molecular weight excluding hydrogens is 392 g/mol. The molecule has 0 aromatic heterocycles. The molecule has 2 aliphatic carbocycles. The van der Waals surface area contributed by atoms with Gasteiger partial charge in [0.2, 0.25) is 0 Å². The van der Waals surface area contributed by atoms with E-state index in [-0.39, 0.29) is 11.9 Å². The van der Waals surface area contributed by atoms with Crippen molar-refractivity contribution in [2.45, 2.75) is 44.2 Å². The van der Waals surface area contributed by atoms with E-state index in [1.807, 2.05) is 31.2 Å². The Bertz CT molecular complexity index is 1130. The molecule has 0 radical (unpaired) electrons. The van der Waals surface area contributed by atoms with E-state index in [9.17, 15) is 4.79 Å². The van der Waals surface area contributed by atoms with E-state index >= 15 is 0 Å². The first-order valence-corrected chi connectivity index (χ1v) is 12.0. The average molecular weight is 423 g/mol. The third-order valence-corrected chi connectivity index (χ3v) is 8.16. The first-order chi connectivity index (χ1) is 15.7. The highest BCUT2D eigenvalue weighted by atomic mass is 16.1. The quantitative estimate of drug-likeness (QED) is 0.506. The Kier molecular flexibility index (Phi) is 4.78. The fourth-order valence-electron chi connectivity index (χ4n) is 6.72. The molecule has 3 aromatic rings. The van der Waals surface area contributed by atoms with E-state index in [2.05, 4.69) is 65.2 Å². The van der Waals surface area contributed by atoms with Crippen LogP contribution in [0.5, 0.6) is 0 Å². The van der Waals surface area contributed by atoms with Gasteiger partial charge in [-0.05, 0) is 84.7 Å². The lowest BCUT2D eigenvalue weighted by Gasteiger charge is -2.43. The van der Waals surface area contributed by atoms with Crippen LogP contribution in [0.3, 0.4) is 0 Å². The van der Waals surface area contributed by atoms with Crippen molar-refractivity contribution in [3.05, 3.63) is 101 Å². The van der Waals surface area contributed by atoms with Gasteiger partial charge in [-0.3, -0.25) is 4.79 Å². The van der Waals surface area contributed by atoms with Gasteiger partial charge < -0.3 is 10.6 Å². The van der Waals surface area contributed by atoms with Crippen LogP contribution in [0.15, 0.2) is 78.9 Å². The standard InChI is InChI=1S/C29H30N2O/c1-18(19-8-4-2-5-9-19)30-29(32)23-14-15-25-24(17-23)26-21-12-13-22(16-21)27(26)28(31-25)20-10-6-3-7-11-20/h2-11,14-15,17-18,21-22,26-28,31H,12-13,16H2,1H3,(H,30,32)/t18-,21-,22+,26+,27+,28+/m1/s1. The summed E-state index contributed by atoms with van der Waals surface area (Å²) in [4.78, 5) is 13.1. The average Bonchev–Trinajstić information content (AvgIpc) is 3.47. The molecule has 0 spiro atoms. The van der Waals surface area contributed by atoms with Crippen LogP contribution in [0.25, 0.3) is 0 Å². The molecule has 2 N–H and O–H groups in total. The van der Waals surface area contributed by atoms with Crippen LogP contribution in [0.1, 0.15) is 71.2 Å². The van der Waals surface area contributed by atoms with Crippen LogP contribution in [0, 0.1) is 17.8 Å². The molecule has 0 saturated heterocycles. The molecule has 3 nitrogen and oxygen atoms in total. The molecule has 1 aliphatic heterocycles. The van der Waals surface area contributed by atoms with E-state index < -0.39 is 0 Å². The summed E-state index contributed by atoms with van der Waals surface area (Å²) in [5.41, 5.74) is 5.85. The topological polar surface area (TPSA) is 41.1 Å². The zero-order valence-electron chi connectivity index (χ0n) is 18.5. The summed E-state index contributed by atoms with van der Waals surface area (Å²) in [7, 11) is 0. The van der Waals surface area contributed by atoms with Crippen LogP contribution in [0.2, 0.25) is 0 Å². The van der Waals surface area contributed by atoms with E-state index in [0.29, 0.717) is 17.9 Å². The van der Waals surface area contributed by atoms with Crippen molar-refractivity contribution in [1.29, 1.82) is 0 Å². The molecule has 6 rings (SSSR count). The summed E-state index contributed by atoms with van der Waals surface area (Å²) in [6, 6.07) is 27.7. The Morgan fingerprint density at radius 1 is 0.938 bits per heavy atom. The first kappa shape index (κ1) is 19.6. The first-order valence-electron chi connectivity index (χ1n) is 12.0. The Morgan fingerprint density at radius 2 is 1.66 bits per heavy atom. The minimum absolute atomic E-state index is 0.00837. The van der Waals surface area contributed by atoms with Crippen LogP contribution in [-0.2, 0) is 0 Å². The SMILES string of the molecule is C[C@@H](NC(=O)c1ccc2c(c1)[C@@H]1[C@@H]3CC[C@@H](C3)[C@@H]1[C@H](c1ccccc1)N2)c1ccccc1. The van der Waals surface area contributed by atoms with Crippen molar-refractivity contribution in [2.24, 2.45) is 17.8 Å². The molecule has 3 aromatic carbocycles. The van der Waals surface area contributed by atoms with E-state index in [1.54, 1.807) is 0 Å². The number of anilines is 1. The van der Waals surface area contributed by atoms with E-state index in [0.717, 1.165) is 23.0 Å². The van der Waals surface area contributed by atoms with Crippen molar-refractivity contribution < 1.29 is 4.79 Å². The molecule has 3 heteroatoms. The Labute approximate surface area is 190 Å². The number of hydrogen-bond donors (Lipinski definition) is 2. The third-order valence-electron chi connectivity index (χ3n) is 8.16. The monoisotopic (exact) mass is 422 g/mol. The largest absolute Gasteiger partial charge is 0.378 e. The maximum atomic E-state index is 13.1. The summed E-state index contributed by atoms with van der Waals surface area (Å²) in [6.45, 7) is 2.05. The zero-order chi connectivity index (χ0) is 21.7. The Hall–Kier alpha value is -3.07. The van der Waals surface area contributed by atoms with Crippen molar-refractivity contribution in [3.63, 3.8) is 0 Å². The van der Waals surface area contributed by atoms with Gasteiger partial charge in [-0.1, -0.05) is 60.7 Å². The van der Waals surface area contributed by atoms with Crippen LogP contribution in [0.4, 0.5) is 5.69 Å². The molecule has 2 bridgehead atoms. The summed E-state index contributed by atoms with van der Waals surface area (Å²) in [5.74, 6) is 2.71. The van der Waals surface area contributed by atoms with Gasteiger partial charge in [0.25, 0.3) is 5.91 Å². The summed E-state index contributed by atoms with van der Waals surface area (Å²) >= 11 is 0. The van der Waals surface area contributed by atoms with Gasteiger partial charge in [0.05, 0.1) is 12.1 Å². The van der Waals surface area contributed by atoms with E-state index in [4.69, 9.17) is 0 Å². The van der Waals surface area contributed by atoms with Gasteiger partial charge in [-0.25, -0.2) is 0 Å². The number of carbonyl (C=O) groups is 1. The molecule has 2 saturated carbocycles. The Balaban J connectivity index is 1.31. The fraction of sp³-hybridized carbons (Fsp3) is 0.345. The number of amides is 1. The summed E-state index contributed by atoms with van der Waals surface area (Å²) < 4.78 is 0. The third kappa shape index (κ3) is 3.23. The van der Waals surface area contributed by atoms with Gasteiger partial charge >= 0.3 is 0 Å². The zero-order valence-corrected chi connectivity index (χ0v) is 18.5. The molecule has 32 heavy (non-hydrogen) atoms. The lowest BCUT2D eigenvalue weighted by Crippen LogP contribution is -2.36. The van der Waals surface area contributed by atoms with Gasteiger partial charge in [0.15, 0.2) is 0 Å². The van der Waals surface area contributed by atoms with E-state index in [1.165, 1.54) is 36.1 Å². The molecule has 162 valence electrons.